The molecule has 0 saturated carbocycles. The van der Waals surface area contributed by atoms with E-state index in [2.05, 4.69) is 12.2 Å². The van der Waals surface area contributed by atoms with E-state index in [-0.39, 0.29) is 24.8 Å². The molecule has 138 valence electrons. The summed E-state index contributed by atoms with van der Waals surface area (Å²) in [7, 11) is 0. The quantitative estimate of drug-likeness (QED) is 0.701. The van der Waals surface area contributed by atoms with E-state index in [1.54, 1.807) is 18.2 Å². The Morgan fingerprint density at radius 2 is 1.69 bits per heavy atom. The fourth-order valence-electron chi connectivity index (χ4n) is 2.50. The zero-order chi connectivity index (χ0) is 18.8. The van der Waals surface area contributed by atoms with Gasteiger partial charge in [0.1, 0.15) is 5.82 Å². The van der Waals surface area contributed by atoms with Crippen LogP contribution in [0.4, 0.5) is 4.39 Å². The van der Waals surface area contributed by atoms with Gasteiger partial charge >= 0.3 is 5.97 Å². The van der Waals surface area contributed by atoms with Crippen LogP contribution >= 0.6 is 0 Å². The Balaban J connectivity index is 1.62. The van der Waals surface area contributed by atoms with E-state index in [0.717, 1.165) is 12.0 Å². The molecule has 5 heteroatoms. The second-order valence-electron chi connectivity index (χ2n) is 6.02. The van der Waals surface area contributed by atoms with Crippen molar-refractivity contribution >= 4 is 11.9 Å². The number of hydrogen-bond acceptors (Lipinski definition) is 3. The lowest BCUT2D eigenvalue weighted by Gasteiger charge is -2.07. The van der Waals surface area contributed by atoms with Crippen LogP contribution in [0.3, 0.4) is 0 Å². The van der Waals surface area contributed by atoms with E-state index in [1.165, 1.54) is 11.6 Å². The first-order valence-corrected chi connectivity index (χ1v) is 8.82. The van der Waals surface area contributed by atoms with Crippen molar-refractivity contribution in [2.45, 2.75) is 32.6 Å². The van der Waals surface area contributed by atoms with Crippen LogP contribution in [0.2, 0.25) is 0 Å². The fourth-order valence-corrected chi connectivity index (χ4v) is 2.50. The van der Waals surface area contributed by atoms with E-state index in [4.69, 9.17) is 4.74 Å². The molecule has 4 nitrogen and oxygen atoms in total. The number of aryl methyl sites for hydroxylation is 2. The van der Waals surface area contributed by atoms with Crippen LogP contribution in [0.15, 0.2) is 48.5 Å². The Morgan fingerprint density at radius 3 is 2.38 bits per heavy atom. The van der Waals surface area contributed by atoms with Gasteiger partial charge in [0.25, 0.3) is 5.91 Å². The lowest BCUT2D eigenvalue weighted by atomic mass is 10.1. The zero-order valence-corrected chi connectivity index (χ0v) is 15.0. The van der Waals surface area contributed by atoms with Gasteiger partial charge in [-0.05, 0) is 42.0 Å². The molecule has 0 radical (unpaired) electrons. The van der Waals surface area contributed by atoms with Crippen LogP contribution in [0.1, 0.15) is 30.0 Å². The van der Waals surface area contributed by atoms with Gasteiger partial charge in [-0.15, -0.1) is 0 Å². The van der Waals surface area contributed by atoms with Crippen LogP contribution in [0.5, 0.6) is 0 Å². The maximum atomic E-state index is 13.5. The highest BCUT2D eigenvalue weighted by Crippen LogP contribution is 2.08. The average Bonchev–Trinajstić information content (AvgIpc) is 2.66. The number of esters is 1. The summed E-state index contributed by atoms with van der Waals surface area (Å²) in [5.74, 6) is -1.09. The molecule has 0 fully saturated rings. The number of carbonyl (C=O) groups excluding carboxylic acids is 2. The van der Waals surface area contributed by atoms with Gasteiger partial charge in [0.2, 0.25) is 0 Å². The molecule has 0 bridgehead atoms. The van der Waals surface area contributed by atoms with Crippen LogP contribution in [-0.4, -0.2) is 25.0 Å². The Morgan fingerprint density at radius 1 is 1.00 bits per heavy atom. The highest BCUT2D eigenvalue weighted by molar-refractivity contribution is 5.80. The predicted molar refractivity (Wildman–Crippen MR) is 98.2 cm³/mol. The highest BCUT2D eigenvalue weighted by Gasteiger charge is 2.08. The minimum absolute atomic E-state index is 0.230. The largest absolute Gasteiger partial charge is 0.456 e. The van der Waals surface area contributed by atoms with Crippen molar-refractivity contribution in [1.29, 1.82) is 0 Å². The van der Waals surface area contributed by atoms with Crippen LogP contribution in [0.25, 0.3) is 0 Å². The van der Waals surface area contributed by atoms with Crippen LogP contribution < -0.4 is 5.32 Å². The molecule has 2 aromatic rings. The van der Waals surface area contributed by atoms with Crippen molar-refractivity contribution in [1.82, 2.24) is 5.32 Å². The second kappa shape index (κ2) is 10.3. The molecule has 0 aliphatic heterocycles. The van der Waals surface area contributed by atoms with Gasteiger partial charge in [0, 0.05) is 13.0 Å². The summed E-state index contributed by atoms with van der Waals surface area (Å²) < 4.78 is 18.4. The van der Waals surface area contributed by atoms with Crippen molar-refractivity contribution in [2.24, 2.45) is 0 Å². The highest BCUT2D eigenvalue weighted by atomic mass is 19.1. The predicted octanol–water partition coefficient (Wildman–Crippen LogP) is 3.22. The first kappa shape index (κ1) is 19.6. The zero-order valence-electron chi connectivity index (χ0n) is 15.0. The molecular formula is C21H24FNO3. The van der Waals surface area contributed by atoms with E-state index in [9.17, 15) is 14.0 Å². The summed E-state index contributed by atoms with van der Waals surface area (Å²) in [5.41, 5.74) is 2.86. The van der Waals surface area contributed by atoms with E-state index in [0.29, 0.717) is 24.9 Å². The third-order valence-electron chi connectivity index (χ3n) is 4.09. The maximum absolute atomic E-state index is 13.5. The monoisotopic (exact) mass is 357 g/mol. The summed E-state index contributed by atoms with van der Waals surface area (Å²) in [6.07, 6.45) is 2.18. The Labute approximate surface area is 153 Å². The van der Waals surface area contributed by atoms with Gasteiger partial charge in [-0.25, -0.2) is 4.39 Å². The molecule has 1 N–H and O–H groups in total. The third kappa shape index (κ3) is 6.67. The Bertz CT molecular complexity index is 728. The fraction of sp³-hybridized carbons (Fsp3) is 0.333. The number of carbonyl (C=O) groups is 2. The maximum Gasteiger partial charge on any atom is 0.306 e. The van der Waals surface area contributed by atoms with Gasteiger partial charge in [-0.2, -0.15) is 0 Å². The molecule has 0 unspecified atom stereocenters. The molecule has 0 aromatic heterocycles. The molecule has 0 atom stereocenters. The van der Waals surface area contributed by atoms with Crippen molar-refractivity contribution < 1.29 is 18.7 Å². The first-order valence-electron chi connectivity index (χ1n) is 8.82. The average molecular weight is 357 g/mol. The number of nitrogens with one attached hydrogen (secondary N) is 1. The molecule has 1 amide bonds. The number of benzene rings is 2. The standard InChI is InChI=1S/C21H24FNO3/c1-2-16-7-9-17(10-8-16)11-12-21(25)26-15-20(24)23-14-13-18-5-3-4-6-19(18)22/h3-10H,2,11-15H2,1H3,(H,23,24). The molecule has 2 rings (SSSR count). The molecule has 26 heavy (non-hydrogen) atoms. The lowest BCUT2D eigenvalue weighted by molar-refractivity contribution is -0.148. The van der Waals surface area contributed by atoms with Crippen molar-refractivity contribution in [3.8, 4) is 0 Å². The summed E-state index contributed by atoms with van der Waals surface area (Å²) in [6, 6.07) is 14.5. The van der Waals surface area contributed by atoms with Gasteiger partial charge in [-0.3, -0.25) is 9.59 Å². The number of ether oxygens (including phenoxy) is 1. The van der Waals surface area contributed by atoms with Gasteiger partial charge in [-0.1, -0.05) is 49.4 Å². The van der Waals surface area contributed by atoms with Crippen molar-refractivity contribution in [2.75, 3.05) is 13.2 Å². The van der Waals surface area contributed by atoms with E-state index in [1.807, 2.05) is 24.3 Å². The van der Waals surface area contributed by atoms with Crippen molar-refractivity contribution in [3.63, 3.8) is 0 Å². The first-order chi connectivity index (χ1) is 12.6. The topological polar surface area (TPSA) is 55.4 Å². The smallest absolute Gasteiger partial charge is 0.306 e. The number of hydrogen-bond donors (Lipinski definition) is 1. The van der Waals surface area contributed by atoms with Crippen molar-refractivity contribution in [3.05, 3.63) is 71.0 Å². The van der Waals surface area contributed by atoms with Crippen LogP contribution in [-0.2, 0) is 33.6 Å². The number of halogens is 1. The Hall–Kier alpha value is -2.69. The summed E-state index contributed by atoms with van der Waals surface area (Å²) in [5, 5.41) is 2.62. The summed E-state index contributed by atoms with van der Waals surface area (Å²) in [4.78, 5) is 23.4. The summed E-state index contributed by atoms with van der Waals surface area (Å²) >= 11 is 0. The molecule has 0 aliphatic rings. The number of amides is 1. The van der Waals surface area contributed by atoms with Gasteiger partial charge in [0.05, 0.1) is 0 Å². The molecule has 0 spiro atoms. The lowest BCUT2D eigenvalue weighted by Crippen LogP contribution is -2.30. The molecular weight excluding hydrogens is 333 g/mol. The van der Waals surface area contributed by atoms with E-state index >= 15 is 0 Å². The minimum atomic E-state index is -0.408. The molecule has 0 heterocycles. The molecule has 0 aliphatic carbocycles. The second-order valence-corrected chi connectivity index (χ2v) is 6.02. The normalized spacial score (nSPS) is 10.4. The van der Waals surface area contributed by atoms with Crippen LogP contribution in [0, 0.1) is 5.82 Å². The Kier molecular flexibility index (Phi) is 7.80. The number of rotatable bonds is 9. The van der Waals surface area contributed by atoms with E-state index < -0.39 is 5.97 Å². The van der Waals surface area contributed by atoms with Gasteiger partial charge in [0.15, 0.2) is 6.61 Å². The third-order valence-corrected chi connectivity index (χ3v) is 4.09. The van der Waals surface area contributed by atoms with Gasteiger partial charge < -0.3 is 10.1 Å². The summed E-state index contributed by atoms with van der Waals surface area (Å²) in [6.45, 7) is 2.07. The molecule has 0 saturated heterocycles. The SMILES string of the molecule is CCc1ccc(CCC(=O)OCC(=O)NCCc2ccccc2F)cc1. The molecule has 2 aromatic carbocycles. The minimum Gasteiger partial charge on any atom is -0.456 e.